The monoisotopic (exact) mass is 430 g/mol. The third-order valence-corrected chi connectivity index (χ3v) is 5.91. The van der Waals surface area contributed by atoms with E-state index in [1.54, 1.807) is 6.07 Å². The lowest BCUT2D eigenvalue weighted by Crippen LogP contribution is -2.40. The van der Waals surface area contributed by atoms with Crippen LogP contribution in [0.2, 0.25) is 0 Å². The molecule has 1 aromatic heterocycles. The third kappa shape index (κ3) is 4.26. The van der Waals surface area contributed by atoms with Gasteiger partial charge in [-0.2, -0.15) is 0 Å². The van der Waals surface area contributed by atoms with Crippen LogP contribution >= 0.6 is 0 Å². The van der Waals surface area contributed by atoms with Crippen LogP contribution in [-0.4, -0.2) is 35.4 Å². The molecule has 31 heavy (non-hydrogen) atoms. The van der Waals surface area contributed by atoms with Crippen molar-refractivity contribution >= 4 is 22.7 Å². The van der Waals surface area contributed by atoms with Crippen LogP contribution < -0.4 is 21.5 Å². The predicted octanol–water partition coefficient (Wildman–Crippen LogP) is 3.35. The molecule has 0 spiro atoms. The highest BCUT2D eigenvalue weighted by atomic mass is 19.1. The number of hydrogen-bond acceptors (Lipinski definition) is 5. The molecule has 8 heteroatoms. The van der Waals surface area contributed by atoms with E-state index in [4.69, 9.17) is 10.5 Å². The predicted molar refractivity (Wildman–Crippen MR) is 119 cm³/mol. The van der Waals surface area contributed by atoms with Gasteiger partial charge in [0, 0.05) is 36.6 Å². The maximum Gasteiger partial charge on any atom is 0.407 e. The fourth-order valence-corrected chi connectivity index (χ4v) is 4.49. The van der Waals surface area contributed by atoms with Crippen LogP contribution in [0.4, 0.5) is 14.9 Å². The summed E-state index contributed by atoms with van der Waals surface area (Å²) in [6.07, 6.45) is 2.12. The van der Waals surface area contributed by atoms with Gasteiger partial charge in [0.1, 0.15) is 11.4 Å². The van der Waals surface area contributed by atoms with Crippen molar-refractivity contribution in [1.82, 2.24) is 9.88 Å². The number of benzene rings is 1. The number of ether oxygens (including phenoxy) is 1. The van der Waals surface area contributed by atoms with Crippen LogP contribution in [0.5, 0.6) is 0 Å². The Balaban J connectivity index is 1.67. The second kappa shape index (κ2) is 7.82. The highest BCUT2D eigenvalue weighted by Crippen LogP contribution is 2.40. The summed E-state index contributed by atoms with van der Waals surface area (Å²) in [5, 5.41) is 3.58. The van der Waals surface area contributed by atoms with E-state index in [0.29, 0.717) is 36.1 Å². The average Bonchev–Trinajstić information content (AvgIpc) is 3.40. The molecular weight excluding hydrogens is 399 g/mol. The minimum atomic E-state index is -0.571. The molecule has 2 aliphatic rings. The number of rotatable bonds is 4. The Bertz CT molecular complexity index is 1090. The van der Waals surface area contributed by atoms with Gasteiger partial charge < -0.3 is 25.3 Å². The quantitative estimate of drug-likeness (QED) is 0.777. The number of fused-ring (bicyclic) bond motifs is 1. The van der Waals surface area contributed by atoms with Gasteiger partial charge in [-0.05, 0) is 64.7 Å². The minimum absolute atomic E-state index is 0.0796. The molecule has 2 heterocycles. The smallest absolute Gasteiger partial charge is 0.407 e. The van der Waals surface area contributed by atoms with E-state index in [1.807, 2.05) is 37.2 Å². The summed E-state index contributed by atoms with van der Waals surface area (Å²) in [5.74, 6) is -0.327. The molecule has 0 radical (unpaired) electrons. The number of halogens is 1. The van der Waals surface area contributed by atoms with Crippen LogP contribution in [0.15, 0.2) is 16.9 Å². The zero-order valence-electron chi connectivity index (χ0n) is 18.6. The van der Waals surface area contributed by atoms with E-state index in [9.17, 15) is 9.59 Å². The van der Waals surface area contributed by atoms with Gasteiger partial charge in [-0.15, -0.1) is 0 Å². The van der Waals surface area contributed by atoms with E-state index < -0.39 is 11.7 Å². The highest BCUT2D eigenvalue weighted by Gasteiger charge is 2.32. The van der Waals surface area contributed by atoms with Gasteiger partial charge in [0.15, 0.2) is 0 Å². The molecule has 0 unspecified atom stereocenters. The van der Waals surface area contributed by atoms with Crippen LogP contribution in [-0.2, 0) is 11.3 Å². The first-order chi connectivity index (χ1) is 14.6. The number of nitrogens with zero attached hydrogens (tertiary/aromatic N) is 2. The van der Waals surface area contributed by atoms with Gasteiger partial charge in [-0.25, -0.2) is 9.18 Å². The van der Waals surface area contributed by atoms with Crippen molar-refractivity contribution in [3.63, 3.8) is 0 Å². The van der Waals surface area contributed by atoms with Crippen LogP contribution in [0.25, 0.3) is 10.9 Å². The van der Waals surface area contributed by atoms with Crippen molar-refractivity contribution in [3.05, 3.63) is 39.4 Å². The van der Waals surface area contributed by atoms with Crippen molar-refractivity contribution < 1.29 is 13.9 Å². The van der Waals surface area contributed by atoms with Crippen molar-refractivity contribution in [2.45, 2.75) is 71.2 Å². The second-order valence-electron chi connectivity index (χ2n) is 9.63. The van der Waals surface area contributed by atoms with Crippen molar-refractivity contribution in [3.8, 4) is 0 Å². The van der Waals surface area contributed by atoms with E-state index in [0.717, 1.165) is 23.9 Å². The highest BCUT2D eigenvalue weighted by molar-refractivity contribution is 5.88. The third-order valence-electron chi connectivity index (χ3n) is 5.91. The molecular formula is C23H31FN4O3. The standard InChI is InChI=1S/C23H31FN4O3/c1-13-19-14(9-15(11-25)21(29)28(19)17-5-6-17)10-18(24)20(13)27-8-7-16(12-27)26-22(30)31-23(2,3)4/h9-10,16-17H,5-8,11-12,25H2,1-4H3,(H,26,30)/t16-/m0/s1. The van der Waals surface area contributed by atoms with Gasteiger partial charge in [-0.3, -0.25) is 4.79 Å². The Labute approximate surface area is 181 Å². The zero-order valence-corrected chi connectivity index (χ0v) is 18.6. The van der Waals surface area contributed by atoms with Gasteiger partial charge in [0.25, 0.3) is 5.56 Å². The number of alkyl carbamates (subject to hydrolysis) is 1. The number of hydrogen-bond donors (Lipinski definition) is 2. The number of anilines is 1. The zero-order chi connectivity index (χ0) is 22.5. The lowest BCUT2D eigenvalue weighted by atomic mass is 10.0. The molecule has 0 bridgehead atoms. The first kappa shape index (κ1) is 21.6. The second-order valence-corrected chi connectivity index (χ2v) is 9.63. The van der Waals surface area contributed by atoms with E-state index in [1.165, 1.54) is 6.07 Å². The normalized spacial score (nSPS) is 19.2. The van der Waals surface area contributed by atoms with Gasteiger partial charge in [0.05, 0.1) is 17.2 Å². The molecule has 1 aliphatic heterocycles. The number of nitrogens with two attached hydrogens (primary N) is 1. The Morgan fingerprint density at radius 2 is 2.00 bits per heavy atom. The number of aromatic nitrogens is 1. The number of carbonyl (C=O) groups excluding carboxylic acids is 1. The summed E-state index contributed by atoms with van der Waals surface area (Å²) in [7, 11) is 0. The molecule has 1 saturated heterocycles. The first-order valence-corrected chi connectivity index (χ1v) is 10.9. The molecule has 2 fully saturated rings. The number of pyridine rings is 1. The summed E-state index contributed by atoms with van der Waals surface area (Å²) >= 11 is 0. The fourth-order valence-electron chi connectivity index (χ4n) is 4.49. The molecule has 168 valence electrons. The topological polar surface area (TPSA) is 89.6 Å². The van der Waals surface area contributed by atoms with Gasteiger partial charge in [-0.1, -0.05) is 0 Å². The van der Waals surface area contributed by atoms with Gasteiger partial charge in [0.2, 0.25) is 0 Å². The molecule has 1 aliphatic carbocycles. The molecule has 1 saturated carbocycles. The maximum atomic E-state index is 15.3. The van der Waals surface area contributed by atoms with Crippen molar-refractivity contribution in [1.29, 1.82) is 0 Å². The summed E-state index contributed by atoms with van der Waals surface area (Å²) < 4.78 is 22.4. The Hall–Kier alpha value is -2.61. The van der Waals surface area contributed by atoms with E-state index >= 15 is 4.39 Å². The van der Waals surface area contributed by atoms with E-state index in [2.05, 4.69) is 5.32 Å². The van der Waals surface area contributed by atoms with Crippen LogP contribution in [0.1, 0.15) is 57.2 Å². The number of amides is 1. The van der Waals surface area contributed by atoms with Crippen LogP contribution in [0.3, 0.4) is 0 Å². The molecule has 1 aromatic carbocycles. The molecule has 4 rings (SSSR count). The van der Waals surface area contributed by atoms with Gasteiger partial charge >= 0.3 is 6.09 Å². The van der Waals surface area contributed by atoms with Crippen LogP contribution in [0, 0.1) is 12.7 Å². The molecule has 7 nitrogen and oxygen atoms in total. The van der Waals surface area contributed by atoms with E-state index in [-0.39, 0.29) is 30.0 Å². The molecule has 1 amide bonds. The Morgan fingerprint density at radius 1 is 1.29 bits per heavy atom. The lowest BCUT2D eigenvalue weighted by Gasteiger charge is -2.25. The van der Waals surface area contributed by atoms with Crippen molar-refractivity contribution in [2.24, 2.45) is 5.73 Å². The van der Waals surface area contributed by atoms with Crippen molar-refractivity contribution in [2.75, 3.05) is 18.0 Å². The fraction of sp³-hybridized carbons (Fsp3) is 0.565. The Kier molecular flexibility index (Phi) is 5.45. The average molecular weight is 431 g/mol. The molecule has 2 aromatic rings. The summed E-state index contributed by atoms with van der Waals surface area (Å²) in [6.45, 7) is 8.55. The lowest BCUT2D eigenvalue weighted by molar-refractivity contribution is 0.0509. The number of aryl methyl sites for hydroxylation is 1. The molecule has 3 N–H and O–H groups in total. The summed E-state index contributed by atoms with van der Waals surface area (Å²) in [5.41, 5.74) is 7.66. The largest absolute Gasteiger partial charge is 0.444 e. The SMILES string of the molecule is Cc1c(N2CC[C@H](NC(=O)OC(C)(C)C)C2)c(F)cc2cc(CN)c(=O)n(C3CC3)c12. The summed E-state index contributed by atoms with van der Waals surface area (Å²) in [4.78, 5) is 27.0. The first-order valence-electron chi connectivity index (χ1n) is 10.9. The number of carbonyl (C=O) groups is 1. The minimum Gasteiger partial charge on any atom is -0.444 e. The maximum absolute atomic E-state index is 15.3. The number of nitrogens with one attached hydrogen (secondary N) is 1. The molecule has 1 atom stereocenters. The Morgan fingerprint density at radius 3 is 2.61 bits per heavy atom. The summed E-state index contributed by atoms with van der Waals surface area (Å²) in [6, 6.07) is 3.24.